The Hall–Kier alpha value is -1.02. The maximum Gasteiger partial charge on any atom is 0.119 e. The van der Waals surface area contributed by atoms with E-state index in [-0.39, 0.29) is 0 Å². The maximum absolute atomic E-state index is 5.71. The Kier molecular flexibility index (Phi) is 6.36. The van der Waals surface area contributed by atoms with E-state index in [1.165, 1.54) is 12.0 Å². The third kappa shape index (κ3) is 6.11. The zero-order chi connectivity index (χ0) is 14.3. The fraction of sp³-hybridized carbons (Fsp3) is 0.647. The van der Waals surface area contributed by atoms with Crippen LogP contribution in [0.5, 0.6) is 5.75 Å². The fourth-order valence-corrected chi connectivity index (χ4v) is 2.10. The van der Waals surface area contributed by atoms with Crippen LogP contribution < -0.4 is 10.1 Å². The van der Waals surface area contributed by atoms with Gasteiger partial charge >= 0.3 is 0 Å². The van der Waals surface area contributed by atoms with Crippen LogP contribution in [-0.2, 0) is 0 Å². The molecule has 0 amide bonds. The smallest absolute Gasteiger partial charge is 0.119 e. The number of nitrogens with one attached hydrogen (secondary N) is 1. The standard InChI is InChI=1S/C17H29NO/c1-6-12-19-15-9-7-8-14(13-15)16(18-5)10-11-17(2,3)4/h7-9,13,16,18H,6,10-12H2,1-5H3. The molecule has 0 saturated carbocycles. The molecule has 0 aliphatic carbocycles. The van der Waals surface area contributed by atoms with E-state index in [1.54, 1.807) is 0 Å². The van der Waals surface area contributed by atoms with E-state index in [0.29, 0.717) is 11.5 Å². The summed E-state index contributed by atoms with van der Waals surface area (Å²) in [4.78, 5) is 0. The van der Waals surface area contributed by atoms with Crippen LogP contribution in [0.2, 0.25) is 0 Å². The van der Waals surface area contributed by atoms with Crippen molar-refractivity contribution in [2.45, 2.75) is 53.0 Å². The van der Waals surface area contributed by atoms with E-state index in [4.69, 9.17) is 4.74 Å². The average Bonchev–Trinajstić information content (AvgIpc) is 2.36. The van der Waals surface area contributed by atoms with Crippen molar-refractivity contribution in [2.75, 3.05) is 13.7 Å². The molecule has 1 N–H and O–H groups in total. The minimum absolute atomic E-state index is 0.380. The molecule has 1 aromatic carbocycles. The number of benzene rings is 1. The van der Waals surface area contributed by atoms with Gasteiger partial charge in [-0.3, -0.25) is 0 Å². The van der Waals surface area contributed by atoms with Crippen molar-refractivity contribution in [1.82, 2.24) is 5.32 Å². The third-order valence-corrected chi connectivity index (χ3v) is 3.26. The molecule has 1 atom stereocenters. The lowest BCUT2D eigenvalue weighted by atomic mass is 9.87. The highest BCUT2D eigenvalue weighted by Crippen LogP contribution is 2.28. The molecule has 1 unspecified atom stereocenters. The Bertz CT molecular complexity index is 368. The minimum atomic E-state index is 0.380. The summed E-state index contributed by atoms with van der Waals surface area (Å²) in [7, 11) is 2.03. The molecule has 1 aromatic rings. The molecule has 0 fully saturated rings. The highest BCUT2D eigenvalue weighted by Gasteiger charge is 2.15. The van der Waals surface area contributed by atoms with Crippen LogP contribution in [-0.4, -0.2) is 13.7 Å². The first-order valence-corrected chi connectivity index (χ1v) is 7.36. The van der Waals surface area contributed by atoms with Gasteiger partial charge in [0.05, 0.1) is 6.61 Å². The first-order chi connectivity index (χ1) is 8.96. The molecule has 2 heteroatoms. The zero-order valence-corrected chi connectivity index (χ0v) is 13.1. The quantitative estimate of drug-likeness (QED) is 0.778. The van der Waals surface area contributed by atoms with Crippen molar-refractivity contribution in [3.63, 3.8) is 0 Å². The zero-order valence-electron chi connectivity index (χ0n) is 13.1. The molecule has 0 saturated heterocycles. The van der Waals surface area contributed by atoms with E-state index in [9.17, 15) is 0 Å². The Balaban J connectivity index is 2.69. The molecule has 0 spiro atoms. The number of hydrogen-bond donors (Lipinski definition) is 1. The summed E-state index contributed by atoms with van der Waals surface area (Å²) in [6, 6.07) is 8.88. The molecular formula is C17H29NO. The van der Waals surface area contributed by atoms with Gasteiger partial charge in [-0.05, 0) is 49.4 Å². The van der Waals surface area contributed by atoms with Gasteiger partial charge in [0.2, 0.25) is 0 Å². The van der Waals surface area contributed by atoms with Crippen molar-refractivity contribution in [3.05, 3.63) is 29.8 Å². The Morgan fingerprint density at radius 1 is 1.26 bits per heavy atom. The molecule has 108 valence electrons. The molecule has 0 aliphatic rings. The summed E-state index contributed by atoms with van der Waals surface area (Å²) in [5, 5.41) is 3.42. The summed E-state index contributed by atoms with van der Waals surface area (Å²) in [5.41, 5.74) is 1.70. The number of rotatable bonds is 7. The van der Waals surface area contributed by atoms with Crippen LogP contribution in [0.3, 0.4) is 0 Å². The third-order valence-electron chi connectivity index (χ3n) is 3.26. The monoisotopic (exact) mass is 263 g/mol. The van der Waals surface area contributed by atoms with Gasteiger partial charge < -0.3 is 10.1 Å². The van der Waals surface area contributed by atoms with Gasteiger partial charge in [0, 0.05) is 6.04 Å². The number of hydrogen-bond acceptors (Lipinski definition) is 2. The van der Waals surface area contributed by atoms with Crippen LogP contribution in [0.15, 0.2) is 24.3 Å². The lowest BCUT2D eigenvalue weighted by Gasteiger charge is -2.23. The molecule has 0 heterocycles. The predicted octanol–water partition coefficient (Wildman–Crippen LogP) is 4.56. The summed E-state index contributed by atoms with van der Waals surface area (Å²) in [6.45, 7) is 9.79. The van der Waals surface area contributed by atoms with Crippen molar-refractivity contribution >= 4 is 0 Å². The molecule has 0 bridgehead atoms. The second kappa shape index (κ2) is 7.54. The van der Waals surface area contributed by atoms with E-state index in [0.717, 1.165) is 25.2 Å². The highest BCUT2D eigenvalue weighted by molar-refractivity contribution is 5.30. The van der Waals surface area contributed by atoms with Gasteiger partial charge in [0.1, 0.15) is 5.75 Å². The van der Waals surface area contributed by atoms with Gasteiger partial charge in [-0.25, -0.2) is 0 Å². The molecule has 19 heavy (non-hydrogen) atoms. The summed E-state index contributed by atoms with van der Waals surface area (Å²) in [6.07, 6.45) is 3.40. The van der Waals surface area contributed by atoms with Gasteiger partial charge in [0.25, 0.3) is 0 Å². The molecule has 1 rings (SSSR count). The van der Waals surface area contributed by atoms with Crippen molar-refractivity contribution in [3.8, 4) is 5.75 Å². The predicted molar refractivity (Wildman–Crippen MR) is 82.7 cm³/mol. The number of ether oxygens (including phenoxy) is 1. The van der Waals surface area contributed by atoms with Crippen LogP contribution in [0.4, 0.5) is 0 Å². The SMILES string of the molecule is CCCOc1cccc(C(CCC(C)(C)C)NC)c1. The van der Waals surface area contributed by atoms with E-state index in [1.807, 2.05) is 13.1 Å². The molecule has 0 aromatic heterocycles. The largest absolute Gasteiger partial charge is 0.494 e. The lowest BCUT2D eigenvalue weighted by Crippen LogP contribution is -2.19. The van der Waals surface area contributed by atoms with Crippen molar-refractivity contribution < 1.29 is 4.74 Å². The second-order valence-corrected chi connectivity index (χ2v) is 6.36. The van der Waals surface area contributed by atoms with Crippen LogP contribution in [0, 0.1) is 5.41 Å². The van der Waals surface area contributed by atoms with Gasteiger partial charge in [-0.15, -0.1) is 0 Å². The maximum atomic E-state index is 5.71. The van der Waals surface area contributed by atoms with Gasteiger partial charge in [-0.2, -0.15) is 0 Å². The molecule has 0 aliphatic heterocycles. The summed E-state index contributed by atoms with van der Waals surface area (Å²) in [5.74, 6) is 0.982. The van der Waals surface area contributed by atoms with Crippen LogP contribution in [0.1, 0.15) is 58.6 Å². The van der Waals surface area contributed by atoms with E-state index >= 15 is 0 Å². The summed E-state index contributed by atoms with van der Waals surface area (Å²) >= 11 is 0. The van der Waals surface area contributed by atoms with Gasteiger partial charge in [0.15, 0.2) is 0 Å². The molecule has 2 nitrogen and oxygen atoms in total. The van der Waals surface area contributed by atoms with E-state index in [2.05, 4.69) is 51.2 Å². The van der Waals surface area contributed by atoms with Gasteiger partial charge in [-0.1, -0.05) is 39.8 Å². The average molecular weight is 263 g/mol. The topological polar surface area (TPSA) is 21.3 Å². The van der Waals surface area contributed by atoms with E-state index < -0.39 is 0 Å². The molecular weight excluding hydrogens is 234 g/mol. The Morgan fingerprint density at radius 3 is 2.58 bits per heavy atom. The Labute approximate surface area is 118 Å². The van der Waals surface area contributed by atoms with Crippen molar-refractivity contribution in [1.29, 1.82) is 0 Å². The normalized spacial score (nSPS) is 13.3. The lowest BCUT2D eigenvalue weighted by molar-refractivity contribution is 0.315. The fourth-order valence-electron chi connectivity index (χ4n) is 2.10. The van der Waals surface area contributed by atoms with Crippen molar-refractivity contribution in [2.24, 2.45) is 5.41 Å². The Morgan fingerprint density at radius 2 is 2.00 bits per heavy atom. The molecule has 0 radical (unpaired) electrons. The second-order valence-electron chi connectivity index (χ2n) is 6.36. The highest BCUT2D eigenvalue weighted by atomic mass is 16.5. The van der Waals surface area contributed by atoms with Crippen LogP contribution >= 0.6 is 0 Å². The van der Waals surface area contributed by atoms with Crippen LogP contribution in [0.25, 0.3) is 0 Å². The summed E-state index contributed by atoms with van der Waals surface area (Å²) < 4.78 is 5.71. The minimum Gasteiger partial charge on any atom is -0.494 e. The first-order valence-electron chi connectivity index (χ1n) is 7.36. The first kappa shape index (κ1) is 16.0.